The van der Waals surface area contributed by atoms with E-state index >= 15 is 0 Å². The van der Waals surface area contributed by atoms with Gasteiger partial charge in [-0.1, -0.05) is 29.4 Å². The van der Waals surface area contributed by atoms with Crippen molar-refractivity contribution in [3.8, 4) is 11.4 Å². The molecule has 0 saturated carbocycles. The van der Waals surface area contributed by atoms with Crippen LogP contribution in [0.5, 0.6) is 0 Å². The van der Waals surface area contributed by atoms with E-state index in [1.165, 1.54) is 0 Å². The number of anilines is 1. The number of pyridine rings is 1. The molecule has 0 unspecified atom stereocenters. The summed E-state index contributed by atoms with van der Waals surface area (Å²) >= 11 is 0. The maximum absolute atomic E-state index is 12.7. The molecule has 2 aromatic heterocycles. The zero-order valence-corrected chi connectivity index (χ0v) is 15.5. The third-order valence-electron chi connectivity index (χ3n) is 4.45. The van der Waals surface area contributed by atoms with Crippen LogP contribution >= 0.6 is 0 Å². The molecule has 10 heteroatoms. The summed E-state index contributed by atoms with van der Waals surface area (Å²) in [6, 6.07) is 13.9. The van der Waals surface area contributed by atoms with Gasteiger partial charge in [0.1, 0.15) is 5.69 Å². The summed E-state index contributed by atoms with van der Waals surface area (Å²) in [7, 11) is 0. The van der Waals surface area contributed by atoms with E-state index in [-0.39, 0.29) is 17.0 Å². The first kappa shape index (κ1) is 20.1. The number of halogens is 3. The summed E-state index contributed by atoms with van der Waals surface area (Å²) < 4.78 is 43.0. The summed E-state index contributed by atoms with van der Waals surface area (Å²) in [6.07, 6.45) is -4.54. The van der Waals surface area contributed by atoms with Crippen molar-refractivity contribution in [2.75, 3.05) is 5.32 Å². The molecule has 0 atom stereocenters. The fourth-order valence-electron chi connectivity index (χ4n) is 2.93. The minimum Gasteiger partial charge on any atom is -0.477 e. The smallest absolute Gasteiger partial charge is 0.416 e. The summed E-state index contributed by atoms with van der Waals surface area (Å²) in [5, 5.41) is 16.4. The third kappa shape index (κ3) is 3.95. The molecule has 0 bridgehead atoms. The first-order chi connectivity index (χ1) is 14.7. The van der Waals surface area contributed by atoms with Gasteiger partial charge in [-0.15, -0.1) is 0 Å². The van der Waals surface area contributed by atoms with Crippen LogP contribution in [0.25, 0.3) is 22.3 Å². The number of carboxylic acids is 1. The van der Waals surface area contributed by atoms with Crippen molar-refractivity contribution in [1.82, 2.24) is 10.1 Å². The molecule has 0 radical (unpaired) electrons. The van der Waals surface area contributed by atoms with E-state index in [9.17, 15) is 27.9 Å². The van der Waals surface area contributed by atoms with E-state index in [0.717, 1.165) is 29.7 Å². The maximum atomic E-state index is 12.7. The molecule has 0 aliphatic heterocycles. The predicted molar refractivity (Wildman–Crippen MR) is 104 cm³/mol. The molecule has 0 aliphatic carbocycles. The third-order valence-corrected chi connectivity index (χ3v) is 4.45. The number of carbonyl (C=O) groups excluding carboxylic acids is 1. The average molecular weight is 427 g/mol. The summed E-state index contributed by atoms with van der Waals surface area (Å²) in [4.78, 5) is 28.6. The van der Waals surface area contributed by atoms with E-state index in [2.05, 4.69) is 15.5 Å². The first-order valence-corrected chi connectivity index (χ1v) is 8.82. The number of nitrogens with zero attached hydrogens (tertiary/aromatic N) is 2. The molecule has 2 heterocycles. The quantitative estimate of drug-likeness (QED) is 0.482. The zero-order valence-electron chi connectivity index (χ0n) is 15.5. The van der Waals surface area contributed by atoms with Crippen LogP contribution in [0.2, 0.25) is 0 Å². The van der Waals surface area contributed by atoms with Crippen molar-refractivity contribution >= 4 is 28.7 Å². The lowest BCUT2D eigenvalue weighted by Crippen LogP contribution is -2.14. The highest BCUT2D eigenvalue weighted by Gasteiger charge is 2.31. The molecule has 2 aromatic carbocycles. The number of nitrogens with one attached hydrogen (secondary N) is 1. The first-order valence-electron chi connectivity index (χ1n) is 8.82. The van der Waals surface area contributed by atoms with Crippen LogP contribution in [0.3, 0.4) is 0 Å². The zero-order chi connectivity index (χ0) is 22.2. The molecule has 0 fully saturated rings. The van der Waals surface area contributed by atoms with Crippen molar-refractivity contribution in [2.45, 2.75) is 6.18 Å². The summed E-state index contributed by atoms with van der Waals surface area (Å²) in [5.41, 5.74) is -0.737. The topological polar surface area (TPSA) is 105 Å². The Hall–Kier alpha value is -4.21. The van der Waals surface area contributed by atoms with Gasteiger partial charge in [-0.3, -0.25) is 10.1 Å². The lowest BCUT2D eigenvalue weighted by atomic mass is 10.1. The normalized spacial score (nSPS) is 11.5. The Bertz CT molecular complexity index is 1300. The number of aromatic carboxylic acids is 1. The number of hydrogen-bond donors (Lipinski definition) is 2. The Balaban J connectivity index is 1.65. The molecule has 1 amide bonds. The van der Waals surface area contributed by atoms with Crippen LogP contribution in [0.4, 0.5) is 19.1 Å². The van der Waals surface area contributed by atoms with Gasteiger partial charge >= 0.3 is 12.1 Å². The van der Waals surface area contributed by atoms with Crippen LogP contribution in [0, 0.1) is 0 Å². The van der Waals surface area contributed by atoms with Gasteiger partial charge in [-0.05, 0) is 36.4 Å². The highest BCUT2D eigenvalue weighted by Crippen LogP contribution is 2.31. The van der Waals surface area contributed by atoms with Gasteiger partial charge in [0.25, 0.3) is 5.91 Å². The number of rotatable bonds is 4. The number of aromatic nitrogens is 2. The molecule has 7 nitrogen and oxygen atoms in total. The number of hydrogen-bond acceptors (Lipinski definition) is 5. The summed E-state index contributed by atoms with van der Waals surface area (Å²) in [5.74, 6) is -2.73. The standard InChI is InChI=1S/C21H12F3N3O4/c22-21(23,24)13-8-5-12(6-9-13)18(28)26-19-16(20(29)30)17(27-31-19)15-10-7-11-3-1-2-4-14(11)25-15/h1-10H,(H,26,28)(H,29,30). The fraction of sp³-hybridized carbons (Fsp3) is 0.0476. The number of alkyl halides is 3. The largest absolute Gasteiger partial charge is 0.477 e. The highest BCUT2D eigenvalue weighted by molar-refractivity contribution is 6.08. The Morgan fingerprint density at radius 1 is 0.968 bits per heavy atom. The van der Waals surface area contributed by atoms with Crippen molar-refractivity contribution in [1.29, 1.82) is 0 Å². The van der Waals surface area contributed by atoms with Crippen LogP contribution < -0.4 is 5.32 Å². The van der Waals surface area contributed by atoms with Crippen molar-refractivity contribution in [3.05, 3.63) is 77.4 Å². The van der Waals surface area contributed by atoms with Gasteiger partial charge in [-0.25, -0.2) is 9.78 Å². The molecule has 156 valence electrons. The van der Waals surface area contributed by atoms with E-state index in [4.69, 9.17) is 4.52 Å². The molecule has 0 spiro atoms. The molecule has 4 aromatic rings. The lowest BCUT2D eigenvalue weighted by Gasteiger charge is -2.07. The molecule has 2 N–H and O–H groups in total. The lowest BCUT2D eigenvalue weighted by molar-refractivity contribution is -0.137. The molecular formula is C21H12F3N3O4. The number of para-hydroxylation sites is 1. The average Bonchev–Trinajstić information content (AvgIpc) is 3.16. The Morgan fingerprint density at radius 3 is 2.35 bits per heavy atom. The van der Waals surface area contributed by atoms with Crippen LogP contribution in [-0.2, 0) is 6.18 Å². The number of carboxylic acid groups (broad SMARTS) is 1. The maximum Gasteiger partial charge on any atom is 0.416 e. The monoisotopic (exact) mass is 427 g/mol. The summed E-state index contributed by atoms with van der Waals surface area (Å²) in [6.45, 7) is 0. The van der Waals surface area contributed by atoms with Gasteiger partial charge in [0.2, 0.25) is 5.88 Å². The van der Waals surface area contributed by atoms with E-state index < -0.39 is 35.1 Å². The van der Waals surface area contributed by atoms with E-state index in [0.29, 0.717) is 5.52 Å². The molecular weight excluding hydrogens is 415 g/mol. The van der Waals surface area contributed by atoms with Gasteiger partial charge in [0.15, 0.2) is 5.56 Å². The minimum absolute atomic E-state index is 0.0963. The van der Waals surface area contributed by atoms with Gasteiger partial charge in [-0.2, -0.15) is 13.2 Å². The van der Waals surface area contributed by atoms with Crippen LogP contribution in [0.15, 0.2) is 65.2 Å². The van der Waals surface area contributed by atoms with Crippen molar-refractivity contribution < 1.29 is 32.4 Å². The van der Waals surface area contributed by atoms with Gasteiger partial charge < -0.3 is 9.63 Å². The Kier molecular flexibility index (Phi) is 4.90. The number of benzene rings is 2. The van der Waals surface area contributed by atoms with Crippen LogP contribution in [0.1, 0.15) is 26.3 Å². The second kappa shape index (κ2) is 7.56. The predicted octanol–water partition coefficient (Wildman–Crippen LogP) is 4.86. The van der Waals surface area contributed by atoms with Gasteiger partial charge in [0, 0.05) is 10.9 Å². The number of amides is 1. The second-order valence-corrected chi connectivity index (χ2v) is 6.46. The second-order valence-electron chi connectivity index (χ2n) is 6.46. The molecule has 31 heavy (non-hydrogen) atoms. The molecule has 4 rings (SSSR count). The van der Waals surface area contributed by atoms with Crippen molar-refractivity contribution in [2.24, 2.45) is 0 Å². The molecule has 0 saturated heterocycles. The minimum atomic E-state index is -4.54. The van der Waals surface area contributed by atoms with Crippen LogP contribution in [-0.4, -0.2) is 27.1 Å². The van der Waals surface area contributed by atoms with Crippen molar-refractivity contribution in [3.63, 3.8) is 0 Å². The Labute approximate surface area is 172 Å². The highest BCUT2D eigenvalue weighted by atomic mass is 19.4. The number of fused-ring (bicyclic) bond motifs is 1. The molecule has 0 aliphatic rings. The SMILES string of the molecule is O=C(Nc1onc(-c2ccc3ccccc3n2)c1C(=O)O)c1ccc(C(F)(F)F)cc1. The fourth-order valence-corrected chi connectivity index (χ4v) is 2.93. The Morgan fingerprint density at radius 2 is 1.68 bits per heavy atom. The van der Waals surface area contributed by atoms with E-state index in [1.807, 2.05) is 12.1 Å². The van der Waals surface area contributed by atoms with E-state index in [1.54, 1.807) is 24.3 Å². The number of carbonyl (C=O) groups is 2. The van der Waals surface area contributed by atoms with Gasteiger partial charge in [0.05, 0.1) is 16.8 Å².